The number of nitro groups is 1. The van der Waals surface area contributed by atoms with E-state index < -0.39 is 16.6 Å². The number of carboxylic acid groups (broad SMARTS) is 1. The highest BCUT2D eigenvalue weighted by Crippen LogP contribution is 2.27. The summed E-state index contributed by atoms with van der Waals surface area (Å²) in [7, 11) is 0. The van der Waals surface area contributed by atoms with Crippen LogP contribution in [0, 0.1) is 10.1 Å². The Kier molecular flexibility index (Phi) is 5.26. The Balaban J connectivity index is 2.15. The van der Waals surface area contributed by atoms with Crippen molar-refractivity contribution in [2.75, 3.05) is 5.32 Å². The molecular weight excluding hydrogens is 322 g/mol. The van der Waals surface area contributed by atoms with E-state index in [2.05, 4.69) is 5.32 Å². The number of nitrogens with one attached hydrogen (secondary N) is 1. The number of hydrogen-bond donors (Lipinski definition) is 2. The molecule has 0 heterocycles. The molecule has 25 heavy (non-hydrogen) atoms. The number of anilines is 2. The molecule has 0 aromatic heterocycles. The average Bonchev–Trinajstić information content (AvgIpc) is 2.53. The van der Waals surface area contributed by atoms with E-state index in [-0.39, 0.29) is 12.2 Å². The quantitative estimate of drug-likeness (QED) is 0.610. The maximum Gasteiger partial charge on any atom is 0.408 e. The summed E-state index contributed by atoms with van der Waals surface area (Å²) in [6.07, 6.45) is -0.977. The van der Waals surface area contributed by atoms with Crippen LogP contribution in [-0.4, -0.2) is 26.6 Å². The van der Waals surface area contributed by atoms with Gasteiger partial charge < -0.3 is 10.4 Å². The lowest BCUT2D eigenvalue weighted by Gasteiger charge is -2.33. The van der Waals surface area contributed by atoms with Gasteiger partial charge in [0.2, 0.25) is 0 Å². The van der Waals surface area contributed by atoms with E-state index >= 15 is 0 Å². The molecule has 0 aliphatic rings. The van der Waals surface area contributed by atoms with Gasteiger partial charge in [0.05, 0.1) is 4.92 Å². The number of amides is 1. The lowest BCUT2D eigenvalue weighted by atomic mass is 10.1. The summed E-state index contributed by atoms with van der Waals surface area (Å²) in [4.78, 5) is 23.4. The van der Waals surface area contributed by atoms with Crippen LogP contribution in [0.25, 0.3) is 0 Å². The Morgan fingerprint density at radius 2 is 1.76 bits per heavy atom. The second-order valence-corrected chi connectivity index (χ2v) is 6.64. The minimum Gasteiger partial charge on any atom is -0.465 e. The van der Waals surface area contributed by atoms with Crippen molar-refractivity contribution >= 4 is 23.2 Å². The Bertz CT molecular complexity index is 767. The molecule has 0 spiro atoms. The fraction of sp³-hybridized carbons (Fsp3) is 0.278. The summed E-state index contributed by atoms with van der Waals surface area (Å²) < 4.78 is 0. The van der Waals surface area contributed by atoms with Crippen LogP contribution in [0.15, 0.2) is 48.5 Å². The molecule has 7 heteroatoms. The molecule has 7 nitrogen and oxygen atoms in total. The molecule has 2 aromatic rings. The maximum absolute atomic E-state index is 11.4. The van der Waals surface area contributed by atoms with Crippen molar-refractivity contribution in [1.82, 2.24) is 4.90 Å². The zero-order valence-corrected chi connectivity index (χ0v) is 14.4. The smallest absolute Gasteiger partial charge is 0.408 e. The zero-order valence-electron chi connectivity index (χ0n) is 14.4. The minimum absolute atomic E-state index is 0.00337. The summed E-state index contributed by atoms with van der Waals surface area (Å²) in [6, 6.07) is 13.6. The lowest BCUT2D eigenvalue weighted by Crippen LogP contribution is -2.44. The highest BCUT2D eigenvalue weighted by atomic mass is 16.6. The van der Waals surface area contributed by atoms with E-state index in [9.17, 15) is 20.0 Å². The van der Waals surface area contributed by atoms with Crippen LogP contribution in [0.5, 0.6) is 0 Å². The molecule has 1 amide bonds. The van der Waals surface area contributed by atoms with Crippen molar-refractivity contribution < 1.29 is 14.8 Å². The second kappa shape index (κ2) is 7.21. The van der Waals surface area contributed by atoms with Crippen molar-refractivity contribution in [1.29, 1.82) is 0 Å². The van der Waals surface area contributed by atoms with Gasteiger partial charge in [0.1, 0.15) is 5.69 Å². The standard InChI is InChI=1S/C18H21N3O4/c1-18(2,3)20(17(22)23)12-13-8-10-14(11-9-13)19-15-6-4-5-7-16(15)21(24)25/h4-11,19H,12H2,1-3H3,(H,22,23). The minimum atomic E-state index is -0.977. The molecule has 0 aliphatic carbocycles. The van der Waals surface area contributed by atoms with Gasteiger partial charge in [0.25, 0.3) is 5.69 Å². The summed E-state index contributed by atoms with van der Waals surface area (Å²) in [5.74, 6) is 0. The third-order valence-electron chi connectivity index (χ3n) is 3.72. The molecule has 0 fully saturated rings. The van der Waals surface area contributed by atoms with Crippen LogP contribution in [0.4, 0.5) is 21.9 Å². The highest BCUT2D eigenvalue weighted by Gasteiger charge is 2.26. The van der Waals surface area contributed by atoms with Crippen molar-refractivity contribution in [2.45, 2.75) is 32.9 Å². The first-order valence-electron chi connectivity index (χ1n) is 7.78. The van der Waals surface area contributed by atoms with Gasteiger partial charge in [0, 0.05) is 23.8 Å². The number of rotatable bonds is 5. The van der Waals surface area contributed by atoms with Crippen LogP contribution >= 0.6 is 0 Å². The van der Waals surface area contributed by atoms with E-state index in [4.69, 9.17) is 0 Å². The van der Waals surface area contributed by atoms with Crippen molar-refractivity contribution in [2.24, 2.45) is 0 Å². The van der Waals surface area contributed by atoms with E-state index in [0.717, 1.165) is 5.56 Å². The first-order chi connectivity index (χ1) is 11.7. The third kappa shape index (κ3) is 4.69. The molecule has 2 rings (SSSR count). The number of nitro benzene ring substituents is 1. The Morgan fingerprint density at radius 3 is 2.28 bits per heavy atom. The third-order valence-corrected chi connectivity index (χ3v) is 3.72. The van der Waals surface area contributed by atoms with Crippen molar-refractivity contribution in [3.63, 3.8) is 0 Å². The van der Waals surface area contributed by atoms with Crippen molar-refractivity contribution in [3.8, 4) is 0 Å². The fourth-order valence-corrected chi connectivity index (χ4v) is 2.36. The molecule has 0 aliphatic heterocycles. The topological polar surface area (TPSA) is 95.7 Å². The normalized spacial score (nSPS) is 11.0. The van der Waals surface area contributed by atoms with Crippen LogP contribution < -0.4 is 5.32 Å². The molecule has 2 aromatic carbocycles. The zero-order chi connectivity index (χ0) is 18.6. The van der Waals surface area contributed by atoms with Gasteiger partial charge in [-0.05, 0) is 44.5 Å². The summed E-state index contributed by atoms with van der Waals surface area (Å²) in [5, 5.41) is 23.4. The van der Waals surface area contributed by atoms with Gasteiger partial charge in [-0.25, -0.2) is 4.79 Å². The number of hydrogen-bond acceptors (Lipinski definition) is 4. The van der Waals surface area contributed by atoms with Crippen LogP contribution in [0.1, 0.15) is 26.3 Å². The Hall–Kier alpha value is -3.09. The van der Waals surface area contributed by atoms with Crippen LogP contribution in [0.2, 0.25) is 0 Å². The largest absolute Gasteiger partial charge is 0.465 e. The van der Waals surface area contributed by atoms with Crippen LogP contribution in [0.3, 0.4) is 0 Å². The molecular formula is C18H21N3O4. The van der Waals surface area contributed by atoms with Crippen molar-refractivity contribution in [3.05, 3.63) is 64.2 Å². The summed E-state index contributed by atoms with van der Waals surface area (Å²) in [5.41, 5.74) is 1.42. The predicted molar refractivity (Wildman–Crippen MR) is 96.1 cm³/mol. The Morgan fingerprint density at radius 1 is 1.16 bits per heavy atom. The first-order valence-corrected chi connectivity index (χ1v) is 7.78. The summed E-state index contributed by atoms with van der Waals surface area (Å²) in [6.45, 7) is 5.79. The van der Waals surface area contributed by atoms with Gasteiger partial charge in [-0.1, -0.05) is 24.3 Å². The monoisotopic (exact) mass is 343 g/mol. The first kappa shape index (κ1) is 18.3. The number of benzene rings is 2. The number of para-hydroxylation sites is 2. The predicted octanol–water partition coefficient (Wildman–Crippen LogP) is 4.62. The molecule has 0 atom stereocenters. The van der Waals surface area contributed by atoms with E-state index in [0.29, 0.717) is 11.4 Å². The second-order valence-electron chi connectivity index (χ2n) is 6.64. The lowest BCUT2D eigenvalue weighted by molar-refractivity contribution is -0.383. The molecule has 0 radical (unpaired) electrons. The number of carbonyl (C=O) groups is 1. The van der Waals surface area contributed by atoms with Gasteiger partial charge >= 0.3 is 6.09 Å². The Labute approximate surface area is 146 Å². The SMILES string of the molecule is CC(C)(C)N(Cc1ccc(Nc2ccccc2[N+](=O)[O-])cc1)C(=O)O. The summed E-state index contributed by atoms with van der Waals surface area (Å²) >= 11 is 0. The van der Waals surface area contributed by atoms with Gasteiger partial charge in [-0.15, -0.1) is 0 Å². The average molecular weight is 343 g/mol. The van der Waals surface area contributed by atoms with Gasteiger partial charge in [-0.2, -0.15) is 0 Å². The molecule has 0 saturated carbocycles. The van der Waals surface area contributed by atoms with Crippen LogP contribution in [-0.2, 0) is 6.54 Å². The fourth-order valence-electron chi connectivity index (χ4n) is 2.36. The molecule has 132 valence electrons. The highest BCUT2D eigenvalue weighted by molar-refractivity contribution is 5.69. The van der Waals surface area contributed by atoms with E-state index in [1.165, 1.54) is 11.0 Å². The van der Waals surface area contributed by atoms with E-state index in [1.54, 1.807) is 42.5 Å². The van der Waals surface area contributed by atoms with Gasteiger partial charge in [0.15, 0.2) is 0 Å². The molecule has 0 unspecified atom stereocenters. The number of nitrogens with zero attached hydrogens (tertiary/aromatic N) is 2. The molecule has 2 N–H and O–H groups in total. The molecule has 0 bridgehead atoms. The maximum atomic E-state index is 11.4. The van der Waals surface area contributed by atoms with E-state index in [1.807, 2.05) is 20.8 Å². The van der Waals surface area contributed by atoms with Gasteiger partial charge in [-0.3, -0.25) is 15.0 Å². The molecule has 0 saturated heterocycles.